The standard InChI is InChI=1S/C14H17ClN2O/c1-10(3-2-8-18)17-13-6-7-16-14-9-11(15)4-5-12(13)14/h4-7,9-10,18H,2-3,8H2,1H3,(H,16,17)/t10-/m0/s1. The summed E-state index contributed by atoms with van der Waals surface area (Å²) < 4.78 is 0. The Morgan fingerprint density at radius 1 is 1.39 bits per heavy atom. The zero-order valence-corrected chi connectivity index (χ0v) is 11.1. The first-order valence-electron chi connectivity index (χ1n) is 6.12. The van der Waals surface area contributed by atoms with Crippen molar-refractivity contribution in [3.8, 4) is 0 Å². The molecule has 0 unspecified atom stereocenters. The zero-order chi connectivity index (χ0) is 13.0. The molecule has 18 heavy (non-hydrogen) atoms. The van der Waals surface area contributed by atoms with E-state index in [0.717, 1.165) is 29.4 Å². The second-order valence-corrected chi connectivity index (χ2v) is 4.87. The Kier molecular flexibility index (Phi) is 4.39. The summed E-state index contributed by atoms with van der Waals surface area (Å²) in [6.07, 6.45) is 3.52. The number of halogens is 1. The van der Waals surface area contributed by atoms with Crippen molar-refractivity contribution in [1.82, 2.24) is 4.98 Å². The lowest BCUT2D eigenvalue weighted by Crippen LogP contribution is -2.15. The molecule has 0 aliphatic heterocycles. The van der Waals surface area contributed by atoms with E-state index in [9.17, 15) is 0 Å². The highest BCUT2D eigenvalue weighted by Gasteiger charge is 2.06. The number of aliphatic hydroxyl groups excluding tert-OH is 1. The molecule has 2 N–H and O–H groups in total. The molecule has 0 amide bonds. The molecule has 0 spiro atoms. The maximum absolute atomic E-state index is 8.83. The predicted octanol–water partition coefficient (Wildman–Crippen LogP) is 3.46. The first-order valence-corrected chi connectivity index (χ1v) is 6.50. The predicted molar refractivity (Wildman–Crippen MR) is 76.2 cm³/mol. The normalized spacial score (nSPS) is 12.6. The molecule has 1 heterocycles. The molecule has 0 aliphatic carbocycles. The molecule has 96 valence electrons. The largest absolute Gasteiger partial charge is 0.396 e. The number of nitrogens with one attached hydrogen (secondary N) is 1. The van der Waals surface area contributed by atoms with Crippen molar-refractivity contribution in [2.75, 3.05) is 11.9 Å². The van der Waals surface area contributed by atoms with Crippen LogP contribution in [0.15, 0.2) is 30.5 Å². The van der Waals surface area contributed by atoms with Crippen LogP contribution in [0.4, 0.5) is 5.69 Å². The van der Waals surface area contributed by atoms with Gasteiger partial charge in [-0.25, -0.2) is 0 Å². The number of aromatic nitrogens is 1. The first kappa shape index (κ1) is 13.1. The molecule has 0 saturated carbocycles. The lowest BCUT2D eigenvalue weighted by Gasteiger charge is -2.16. The third-order valence-electron chi connectivity index (χ3n) is 2.90. The molecular weight excluding hydrogens is 248 g/mol. The van der Waals surface area contributed by atoms with Crippen molar-refractivity contribution in [3.63, 3.8) is 0 Å². The van der Waals surface area contributed by atoms with Crippen molar-refractivity contribution in [3.05, 3.63) is 35.5 Å². The van der Waals surface area contributed by atoms with Gasteiger partial charge in [-0.05, 0) is 44.0 Å². The number of hydrogen-bond acceptors (Lipinski definition) is 3. The Labute approximate surface area is 112 Å². The number of fused-ring (bicyclic) bond motifs is 1. The summed E-state index contributed by atoms with van der Waals surface area (Å²) in [7, 11) is 0. The number of aliphatic hydroxyl groups is 1. The number of nitrogens with zero attached hydrogens (tertiary/aromatic N) is 1. The van der Waals surface area contributed by atoms with Gasteiger partial charge in [0.25, 0.3) is 0 Å². The average Bonchev–Trinajstić information content (AvgIpc) is 2.36. The Hall–Kier alpha value is -1.32. The molecule has 0 aliphatic rings. The summed E-state index contributed by atoms with van der Waals surface area (Å²) in [6.45, 7) is 2.34. The smallest absolute Gasteiger partial charge is 0.0737 e. The van der Waals surface area contributed by atoms with Crippen molar-refractivity contribution in [1.29, 1.82) is 0 Å². The summed E-state index contributed by atoms with van der Waals surface area (Å²) >= 11 is 5.96. The lowest BCUT2D eigenvalue weighted by atomic mass is 10.1. The molecule has 0 saturated heterocycles. The lowest BCUT2D eigenvalue weighted by molar-refractivity contribution is 0.282. The Bertz CT molecular complexity index is 530. The molecule has 2 rings (SSSR count). The van der Waals surface area contributed by atoms with Crippen LogP contribution in [-0.2, 0) is 0 Å². The number of pyridine rings is 1. The second-order valence-electron chi connectivity index (χ2n) is 4.43. The summed E-state index contributed by atoms with van der Waals surface area (Å²) in [5, 5.41) is 14.0. The number of rotatable bonds is 5. The van der Waals surface area contributed by atoms with Crippen molar-refractivity contribution >= 4 is 28.2 Å². The minimum Gasteiger partial charge on any atom is -0.396 e. The van der Waals surface area contributed by atoms with Gasteiger partial charge in [0.2, 0.25) is 0 Å². The van der Waals surface area contributed by atoms with Crippen LogP contribution in [0.25, 0.3) is 10.9 Å². The molecule has 0 fully saturated rings. The van der Waals surface area contributed by atoms with E-state index in [1.165, 1.54) is 0 Å². The Morgan fingerprint density at radius 3 is 3.00 bits per heavy atom. The van der Waals surface area contributed by atoms with Gasteiger partial charge in [0.05, 0.1) is 5.52 Å². The van der Waals surface area contributed by atoms with Crippen LogP contribution in [0.1, 0.15) is 19.8 Å². The summed E-state index contributed by atoms with van der Waals surface area (Å²) in [5.41, 5.74) is 1.95. The van der Waals surface area contributed by atoms with Gasteiger partial charge in [0.1, 0.15) is 0 Å². The quantitative estimate of drug-likeness (QED) is 0.869. The van der Waals surface area contributed by atoms with Crippen LogP contribution in [0, 0.1) is 0 Å². The summed E-state index contributed by atoms with van der Waals surface area (Å²) in [6, 6.07) is 7.99. The molecule has 3 nitrogen and oxygen atoms in total. The molecule has 0 radical (unpaired) electrons. The highest BCUT2D eigenvalue weighted by Crippen LogP contribution is 2.25. The van der Waals surface area contributed by atoms with E-state index in [0.29, 0.717) is 11.1 Å². The van der Waals surface area contributed by atoms with Gasteiger partial charge in [0, 0.05) is 34.9 Å². The summed E-state index contributed by atoms with van der Waals surface area (Å²) in [4.78, 5) is 4.31. The van der Waals surface area contributed by atoms with Crippen molar-refractivity contribution in [2.24, 2.45) is 0 Å². The van der Waals surface area contributed by atoms with Crippen LogP contribution in [0.2, 0.25) is 5.02 Å². The third-order valence-corrected chi connectivity index (χ3v) is 3.14. The molecule has 4 heteroatoms. The minimum absolute atomic E-state index is 0.235. The second kappa shape index (κ2) is 6.03. The van der Waals surface area contributed by atoms with E-state index in [-0.39, 0.29) is 6.61 Å². The first-order chi connectivity index (χ1) is 8.70. The molecule has 0 bridgehead atoms. The fraction of sp³-hybridized carbons (Fsp3) is 0.357. The van der Waals surface area contributed by atoms with Gasteiger partial charge in [0.15, 0.2) is 0 Å². The molecular formula is C14H17ClN2O. The van der Waals surface area contributed by atoms with E-state index in [1.54, 1.807) is 6.20 Å². The maximum atomic E-state index is 8.83. The van der Waals surface area contributed by atoms with E-state index in [4.69, 9.17) is 16.7 Å². The fourth-order valence-electron chi connectivity index (χ4n) is 1.98. The van der Waals surface area contributed by atoms with Crippen LogP contribution >= 0.6 is 11.6 Å². The third kappa shape index (κ3) is 3.12. The Morgan fingerprint density at radius 2 is 2.22 bits per heavy atom. The molecule has 1 aromatic heterocycles. The highest BCUT2D eigenvalue weighted by molar-refractivity contribution is 6.31. The van der Waals surface area contributed by atoms with Gasteiger partial charge < -0.3 is 10.4 Å². The van der Waals surface area contributed by atoms with Gasteiger partial charge >= 0.3 is 0 Å². The summed E-state index contributed by atoms with van der Waals surface area (Å²) in [5.74, 6) is 0. The number of hydrogen-bond donors (Lipinski definition) is 2. The van der Waals surface area contributed by atoms with Crippen LogP contribution in [0.3, 0.4) is 0 Å². The van der Waals surface area contributed by atoms with Crippen molar-refractivity contribution < 1.29 is 5.11 Å². The van der Waals surface area contributed by atoms with Crippen LogP contribution in [-0.4, -0.2) is 22.7 Å². The SMILES string of the molecule is C[C@@H](CCCO)Nc1ccnc2cc(Cl)ccc12. The van der Waals surface area contributed by atoms with Crippen LogP contribution < -0.4 is 5.32 Å². The van der Waals surface area contributed by atoms with E-state index >= 15 is 0 Å². The van der Waals surface area contributed by atoms with Gasteiger partial charge in [-0.2, -0.15) is 0 Å². The van der Waals surface area contributed by atoms with E-state index in [1.807, 2.05) is 24.3 Å². The number of benzene rings is 1. The minimum atomic E-state index is 0.235. The molecule has 1 aromatic carbocycles. The van der Waals surface area contributed by atoms with Gasteiger partial charge in [-0.3, -0.25) is 4.98 Å². The molecule has 1 atom stereocenters. The number of anilines is 1. The maximum Gasteiger partial charge on any atom is 0.0737 e. The topological polar surface area (TPSA) is 45.1 Å². The highest BCUT2D eigenvalue weighted by atomic mass is 35.5. The monoisotopic (exact) mass is 264 g/mol. The van der Waals surface area contributed by atoms with Crippen LogP contribution in [0.5, 0.6) is 0 Å². The fourth-order valence-corrected chi connectivity index (χ4v) is 2.15. The Balaban J connectivity index is 2.22. The zero-order valence-electron chi connectivity index (χ0n) is 10.4. The van der Waals surface area contributed by atoms with Gasteiger partial charge in [-0.1, -0.05) is 11.6 Å². The van der Waals surface area contributed by atoms with E-state index < -0.39 is 0 Å². The van der Waals surface area contributed by atoms with Gasteiger partial charge in [-0.15, -0.1) is 0 Å². The van der Waals surface area contributed by atoms with E-state index in [2.05, 4.69) is 17.2 Å². The van der Waals surface area contributed by atoms with Crippen molar-refractivity contribution in [2.45, 2.75) is 25.8 Å². The molecule has 2 aromatic rings. The average molecular weight is 265 g/mol.